The molecule has 3 rings (SSSR count). The van der Waals surface area contributed by atoms with E-state index in [1.54, 1.807) is 13.2 Å². The van der Waals surface area contributed by atoms with E-state index in [0.717, 1.165) is 55.5 Å². The van der Waals surface area contributed by atoms with Gasteiger partial charge in [-0.25, -0.2) is 0 Å². The van der Waals surface area contributed by atoms with E-state index in [1.807, 2.05) is 18.1 Å². The maximum absolute atomic E-state index is 11.7. The quantitative estimate of drug-likeness (QED) is 0.627. The van der Waals surface area contributed by atoms with Crippen molar-refractivity contribution in [3.8, 4) is 5.75 Å². The Morgan fingerprint density at radius 3 is 2.61 bits per heavy atom. The molecule has 0 radical (unpaired) electrons. The van der Waals surface area contributed by atoms with Crippen LogP contribution in [0.4, 0.5) is 5.69 Å². The van der Waals surface area contributed by atoms with E-state index < -0.39 is 0 Å². The molecule has 1 fully saturated rings. The first kappa shape index (κ1) is 15.8. The molecule has 0 saturated heterocycles. The van der Waals surface area contributed by atoms with Crippen LogP contribution in [-0.4, -0.2) is 36.3 Å². The minimum atomic E-state index is -0.269. The van der Waals surface area contributed by atoms with Gasteiger partial charge in [0.25, 0.3) is 5.69 Å². The third-order valence-corrected chi connectivity index (χ3v) is 4.85. The second kappa shape index (κ2) is 6.56. The Balaban J connectivity index is 2.07. The second-order valence-corrected chi connectivity index (χ2v) is 6.38. The Morgan fingerprint density at radius 1 is 1.30 bits per heavy atom. The van der Waals surface area contributed by atoms with Gasteiger partial charge in [0.2, 0.25) is 0 Å². The standard InChI is InChI=1S/C17H23N3O3/c1-19-9-8-14(18-19)13-10-15(20(21)22)17(16(11-13)23-2)12-6-4-3-5-7-12/h10-12H,3-9H2,1-2H3. The fourth-order valence-corrected chi connectivity index (χ4v) is 3.68. The molecule has 124 valence electrons. The number of nitro benzene ring substituents is 1. The number of rotatable bonds is 4. The molecule has 6 nitrogen and oxygen atoms in total. The second-order valence-electron chi connectivity index (χ2n) is 6.38. The number of hydrogen-bond donors (Lipinski definition) is 0. The summed E-state index contributed by atoms with van der Waals surface area (Å²) in [4.78, 5) is 11.4. The molecule has 1 aliphatic carbocycles. The van der Waals surface area contributed by atoms with Gasteiger partial charge in [-0.3, -0.25) is 15.1 Å². The zero-order chi connectivity index (χ0) is 16.4. The number of nitro groups is 1. The molecule has 0 spiro atoms. The maximum Gasteiger partial charge on any atom is 0.277 e. The summed E-state index contributed by atoms with van der Waals surface area (Å²) < 4.78 is 5.54. The minimum absolute atomic E-state index is 0.184. The summed E-state index contributed by atoms with van der Waals surface area (Å²) in [5.41, 5.74) is 2.65. The molecule has 6 heteroatoms. The molecular formula is C17H23N3O3. The monoisotopic (exact) mass is 317 g/mol. The predicted octanol–water partition coefficient (Wildman–Crippen LogP) is 3.69. The number of ether oxygens (including phenoxy) is 1. The molecule has 0 bridgehead atoms. The first-order chi connectivity index (χ1) is 11.1. The van der Waals surface area contributed by atoms with Crippen molar-refractivity contribution in [2.45, 2.75) is 44.4 Å². The highest BCUT2D eigenvalue weighted by Gasteiger charge is 2.30. The molecule has 1 aromatic rings. The zero-order valence-corrected chi connectivity index (χ0v) is 13.7. The van der Waals surface area contributed by atoms with Crippen molar-refractivity contribution in [1.29, 1.82) is 0 Å². The lowest BCUT2D eigenvalue weighted by molar-refractivity contribution is -0.385. The van der Waals surface area contributed by atoms with Crippen LogP contribution < -0.4 is 4.74 Å². The van der Waals surface area contributed by atoms with Gasteiger partial charge in [0, 0.05) is 31.6 Å². The first-order valence-electron chi connectivity index (χ1n) is 8.25. The highest BCUT2D eigenvalue weighted by Crippen LogP contribution is 2.43. The van der Waals surface area contributed by atoms with E-state index in [2.05, 4.69) is 5.10 Å². The van der Waals surface area contributed by atoms with Crippen molar-refractivity contribution in [2.75, 3.05) is 20.7 Å². The lowest BCUT2D eigenvalue weighted by Gasteiger charge is -2.24. The summed E-state index contributed by atoms with van der Waals surface area (Å²) in [7, 11) is 3.51. The molecule has 1 aliphatic heterocycles. The Kier molecular flexibility index (Phi) is 4.50. The van der Waals surface area contributed by atoms with E-state index >= 15 is 0 Å². The highest BCUT2D eigenvalue weighted by atomic mass is 16.6. The van der Waals surface area contributed by atoms with Crippen LogP contribution in [0.25, 0.3) is 0 Å². The zero-order valence-electron chi connectivity index (χ0n) is 13.7. The van der Waals surface area contributed by atoms with Gasteiger partial charge in [0.1, 0.15) is 5.75 Å². The number of nitrogens with zero attached hydrogens (tertiary/aromatic N) is 3. The molecule has 0 unspecified atom stereocenters. The lowest BCUT2D eigenvalue weighted by atomic mass is 9.82. The van der Waals surface area contributed by atoms with E-state index in [-0.39, 0.29) is 16.5 Å². The van der Waals surface area contributed by atoms with Crippen LogP contribution in [0, 0.1) is 10.1 Å². The summed E-state index contributed by atoms with van der Waals surface area (Å²) >= 11 is 0. The molecule has 2 aliphatic rings. The summed E-state index contributed by atoms with van der Waals surface area (Å²) in [5, 5.41) is 18.0. The summed E-state index contributed by atoms with van der Waals surface area (Å²) in [6.45, 7) is 0.843. The lowest BCUT2D eigenvalue weighted by Crippen LogP contribution is -2.11. The predicted molar refractivity (Wildman–Crippen MR) is 89.3 cm³/mol. The molecular weight excluding hydrogens is 294 g/mol. The van der Waals surface area contributed by atoms with Gasteiger partial charge in [-0.05, 0) is 24.8 Å². The molecule has 0 amide bonds. The van der Waals surface area contributed by atoms with E-state index in [4.69, 9.17) is 4.74 Å². The van der Waals surface area contributed by atoms with Gasteiger partial charge in [0.15, 0.2) is 0 Å². The number of hydrogen-bond acceptors (Lipinski definition) is 5. The molecule has 0 N–H and O–H groups in total. The first-order valence-corrected chi connectivity index (χ1v) is 8.25. The summed E-state index contributed by atoms with van der Waals surface area (Å²) in [6, 6.07) is 3.61. The number of benzene rings is 1. The molecule has 1 heterocycles. The molecule has 0 aromatic heterocycles. The van der Waals surface area contributed by atoms with Crippen LogP contribution in [0.3, 0.4) is 0 Å². The topological polar surface area (TPSA) is 68.0 Å². The van der Waals surface area contributed by atoms with Crippen molar-refractivity contribution < 1.29 is 9.66 Å². The van der Waals surface area contributed by atoms with E-state index in [9.17, 15) is 10.1 Å². The SMILES string of the molecule is COc1cc(C2=NN(C)CC2)cc([N+](=O)[O-])c1C1CCCCC1. The van der Waals surface area contributed by atoms with Crippen LogP contribution in [-0.2, 0) is 0 Å². The van der Waals surface area contributed by atoms with Crippen molar-refractivity contribution >= 4 is 11.4 Å². The van der Waals surface area contributed by atoms with E-state index in [1.165, 1.54) is 6.42 Å². The molecule has 1 aromatic carbocycles. The van der Waals surface area contributed by atoms with Crippen molar-refractivity contribution in [1.82, 2.24) is 5.01 Å². The molecule has 1 saturated carbocycles. The Labute approximate surface area is 136 Å². The normalized spacial score (nSPS) is 18.9. The van der Waals surface area contributed by atoms with Crippen molar-refractivity contribution in [3.05, 3.63) is 33.4 Å². The van der Waals surface area contributed by atoms with E-state index in [0.29, 0.717) is 5.75 Å². The third kappa shape index (κ3) is 3.16. The Hall–Kier alpha value is -2.11. The van der Waals surface area contributed by atoms with Gasteiger partial charge >= 0.3 is 0 Å². The smallest absolute Gasteiger partial charge is 0.277 e. The van der Waals surface area contributed by atoms with Crippen LogP contribution >= 0.6 is 0 Å². The third-order valence-electron chi connectivity index (χ3n) is 4.85. The van der Waals surface area contributed by atoms with Gasteiger partial charge in [0.05, 0.1) is 23.3 Å². The van der Waals surface area contributed by atoms with Gasteiger partial charge in [-0.1, -0.05) is 19.3 Å². The summed E-state index contributed by atoms with van der Waals surface area (Å²) in [6.07, 6.45) is 6.28. The van der Waals surface area contributed by atoms with Crippen LogP contribution in [0.15, 0.2) is 17.2 Å². The minimum Gasteiger partial charge on any atom is -0.496 e. The van der Waals surface area contributed by atoms with Crippen LogP contribution in [0.1, 0.15) is 55.6 Å². The molecule has 23 heavy (non-hydrogen) atoms. The highest BCUT2D eigenvalue weighted by molar-refractivity contribution is 6.02. The fourth-order valence-electron chi connectivity index (χ4n) is 3.68. The van der Waals surface area contributed by atoms with Gasteiger partial charge < -0.3 is 4.74 Å². The number of hydrazone groups is 1. The fraction of sp³-hybridized carbons (Fsp3) is 0.588. The largest absolute Gasteiger partial charge is 0.496 e. The summed E-state index contributed by atoms with van der Waals surface area (Å²) in [5.74, 6) is 0.861. The van der Waals surface area contributed by atoms with Crippen molar-refractivity contribution in [3.63, 3.8) is 0 Å². The Morgan fingerprint density at radius 2 is 2.04 bits per heavy atom. The molecule has 0 atom stereocenters. The maximum atomic E-state index is 11.7. The van der Waals surface area contributed by atoms with Crippen LogP contribution in [0.2, 0.25) is 0 Å². The average Bonchev–Trinajstić information content (AvgIpc) is 3.00. The van der Waals surface area contributed by atoms with Crippen molar-refractivity contribution in [2.24, 2.45) is 5.10 Å². The average molecular weight is 317 g/mol. The van der Waals surface area contributed by atoms with Gasteiger partial charge in [-0.2, -0.15) is 5.10 Å². The van der Waals surface area contributed by atoms with Gasteiger partial charge in [-0.15, -0.1) is 0 Å². The Bertz CT molecular complexity index is 636. The number of methoxy groups -OCH3 is 1. The van der Waals surface area contributed by atoms with Crippen LogP contribution in [0.5, 0.6) is 5.75 Å².